The molecule has 1 N–H and O–H groups in total. The highest BCUT2D eigenvalue weighted by Crippen LogP contribution is 2.26. The first-order valence-electron chi connectivity index (χ1n) is 5.77. The highest BCUT2D eigenvalue weighted by atomic mass is 16.5. The molecular weight excluding hydrogens is 206 g/mol. The van der Waals surface area contributed by atoms with Crippen molar-refractivity contribution in [1.82, 2.24) is 14.7 Å². The highest BCUT2D eigenvalue weighted by molar-refractivity contribution is 4.94. The molecule has 0 amide bonds. The molecule has 3 heterocycles. The van der Waals surface area contributed by atoms with Gasteiger partial charge in [0, 0.05) is 45.1 Å². The minimum atomic E-state index is -0.616. The zero-order chi connectivity index (χ0) is 11.0. The Morgan fingerprint density at radius 1 is 1.50 bits per heavy atom. The highest BCUT2D eigenvalue weighted by Gasteiger charge is 2.38. The van der Waals surface area contributed by atoms with Crippen LogP contribution in [0.5, 0.6) is 0 Å². The lowest BCUT2D eigenvalue weighted by atomic mass is 9.99. The van der Waals surface area contributed by atoms with Crippen LogP contribution >= 0.6 is 0 Å². The lowest BCUT2D eigenvalue weighted by Gasteiger charge is -2.42. The van der Waals surface area contributed by atoms with Crippen molar-refractivity contribution >= 4 is 0 Å². The molecule has 1 aromatic rings. The van der Waals surface area contributed by atoms with Crippen LogP contribution in [0.2, 0.25) is 0 Å². The summed E-state index contributed by atoms with van der Waals surface area (Å²) in [7, 11) is 0. The number of hydrogen-bond donors (Lipinski definition) is 1. The Bertz CT molecular complexity index is 340. The average molecular weight is 223 g/mol. The number of nitrogens with zero attached hydrogens (tertiary/aromatic N) is 3. The molecule has 5 nitrogen and oxygen atoms in total. The fourth-order valence-electron chi connectivity index (χ4n) is 2.47. The summed E-state index contributed by atoms with van der Waals surface area (Å²) in [6.45, 7) is 3.85. The summed E-state index contributed by atoms with van der Waals surface area (Å²) in [6, 6.07) is 2.42. The minimum Gasteiger partial charge on any atom is -0.386 e. The molecular formula is C11H17N3O2. The van der Waals surface area contributed by atoms with Crippen molar-refractivity contribution in [1.29, 1.82) is 0 Å². The largest absolute Gasteiger partial charge is 0.386 e. The topological polar surface area (TPSA) is 50.5 Å². The van der Waals surface area contributed by atoms with Crippen LogP contribution in [-0.4, -0.2) is 58.2 Å². The van der Waals surface area contributed by atoms with Gasteiger partial charge in [0.2, 0.25) is 0 Å². The molecule has 1 aromatic heterocycles. The van der Waals surface area contributed by atoms with E-state index in [1.807, 2.05) is 16.9 Å². The Kier molecular flexibility index (Phi) is 2.46. The van der Waals surface area contributed by atoms with Gasteiger partial charge in [-0.05, 0) is 6.07 Å². The second-order valence-electron chi connectivity index (χ2n) is 4.86. The Morgan fingerprint density at radius 3 is 3.00 bits per heavy atom. The SMILES string of the molecule is OC1(CN2CC(n3cccn3)C2)CCOC1. The van der Waals surface area contributed by atoms with Crippen LogP contribution in [0.1, 0.15) is 12.5 Å². The van der Waals surface area contributed by atoms with E-state index in [-0.39, 0.29) is 0 Å². The molecule has 88 valence electrons. The van der Waals surface area contributed by atoms with E-state index in [1.54, 1.807) is 6.20 Å². The first-order chi connectivity index (χ1) is 7.75. The van der Waals surface area contributed by atoms with E-state index < -0.39 is 5.60 Å². The van der Waals surface area contributed by atoms with Gasteiger partial charge in [0.15, 0.2) is 0 Å². The van der Waals surface area contributed by atoms with Gasteiger partial charge in [-0.2, -0.15) is 5.10 Å². The van der Waals surface area contributed by atoms with E-state index in [4.69, 9.17) is 4.74 Å². The predicted molar refractivity (Wildman–Crippen MR) is 58.1 cm³/mol. The molecule has 2 aliphatic rings. The molecule has 0 saturated carbocycles. The molecule has 2 aliphatic heterocycles. The fraction of sp³-hybridized carbons (Fsp3) is 0.727. The first-order valence-corrected chi connectivity index (χ1v) is 5.77. The summed E-state index contributed by atoms with van der Waals surface area (Å²) in [6.07, 6.45) is 4.56. The van der Waals surface area contributed by atoms with E-state index in [2.05, 4.69) is 10.00 Å². The third kappa shape index (κ3) is 1.86. The summed E-state index contributed by atoms with van der Waals surface area (Å²) >= 11 is 0. The van der Waals surface area contributed by atoms with Gasteiger partial charge in [0.05, 0.1) is 12.6 Å². The number of likely N-dealkylation sites (tertiary alicyclic amines) is 1. The lowest BCUT2D eigenvalue weighted by Crippen LogP contribution is -2.54. The second kappa shape index (κ2) is 3.84. The molecule has 16 heavy (non-hydrogen) atoms. The van der Waals surface area contributed by atoms with Gasteiger partial charge >= 0.3 is 0 Å². The summed E-state index contributed by atoms with van der Waals surface area (Å²) in [5.41, 5.74) is -0.616. The zero-order valence-corrected chi connectivity index (χ0v) is 9.25. The van der Waals surface area contributed by atoms with Crippen molar-refractivity contribution in [3.63, 3.8) is 0 Å². The fourth-order valence-corrected chi connectivity index (χ4v) is 2.47. The molecule has 0 aliphatic carbocycles. The Balaban J connectivity index is 1.50. The summed E-state index contributed by atoms with van der Waals surface area (Å²) < 4.78 is 7.23. The number of ether oxygens (including phenoxy) is 1. The molecule has 3 rings (SSSR count). The molecule has 2 fully saturated rings. The van der Waals surface area contributed by atoms with Crippen LogP contribution in [0.3, 0.4) is 0 Å². The van der Waals surface area contributed by atoms with Crippen LogP contribution in [0.4, 0.5) is 0 Å². The Labute approximate surface area is 94.6 Å². The first kappa shape index (κ1) is 10.3. The molecule has 0 bridgehead atoms. The van der Waals surface area contributed by atoms with Crippen molar-refractivity contribution in [2.45, 2.75) is 18.1 Å². The maximum absolute atomic E-state index is 10.2. The van der Waals surface area contributed by atoms with Crippen LogP contribution in [-0.2, 0) is 4.74 Å². The average Bonchev–Trinajstić information content (AvgIpc) is 2.82. The van der Waals surface area contributed by atoms with Crippen LogP contribution in [0.25, 0.3) is 0 Å². The maximum atomic E-state index is 10.2. The number of aliphatic hydroxyl groups is 1. The number of hydrogen-bond acceptors (Lipinski definition) is 4. The number of aromatic nitrogens is 2. The standard InChI is InChI=1S/C11H17N3O2/c15-11(2-5-16-9-11)8-13-6-10(7-13)14-4-1-3-12-14/h1,3-4,10,15H,2,5-9H2. The van der Waals surface area contributed by atoms with E-state index in [9.17, 15) is 5.11 Å². The van der Waals surface area contributed by atoms with Gasteiger partial charge < -0.3 is 9.84 Å². The second-order valence-corrected chi connectivity index (χ2v) is 4.86. The summed E-state index contributed by atoms with van der Waals surface area (Å²) in [4.78, 5) is 2.26. The van der Waals surface area contributed by atoms with Crippen LogP contribution in [0, 0.1) is 0 Å². The van der Waals surface area contributed by atoms with Gasteiger partial charge in [0.25, 0.3) is 0 Å². The molecule has 0 spiro atoms. The van der Waals surface area contributed by atoms with E-state index in [0.717, 1.165) is 26.1 Å². The third-order valence-electron chi connectivity index (χ3n) is 3.44. The molecule has 1 unspecified atom stereocenters. The van der Waals surface area contributed by atoms with Crippen LogP contribution < -0.4 is 0 Å². The van der Waals surface area contributed by atoms with Crippen molar-refractivity contribution in [3.05, 3.63) is 18.5 Å². The molecule has 5 heteroatoms. The van der Waals surface area contributed by atoms with Gasteiger partial charge in [-0.1, -0.05) is 0 Å². The van der Waals surface area contributed by atoms with Crippen molar-refractivity contribution in [2.24, 2.45) is 0 Å². The van der Waals surface area contributed by atoms with Crippen molar-refractivity contribution in [3.8, 4) is 0 Å². The quantitative estimate of drug-likeness (QED) is 0.777. The van der Waals surface area contributed by atoms with Gasteiger partial charge in [-0.25, -0.2) is 0 Å². The normalized spacial score (nSPS) is 31.8. The minimum absolute atomic E-state index is 0.473. The van der Waals surface area contributed by atoms with Crippen molar-refractivity contribution < 1.29 is 9.84 Å². The number of β-amino-alcohol motifs (C(OH)–C–C–N with tert-alkyl or cyclic N) is 1. The Hall–Kier alpha value is -0.910. The molecule has 2 saturated heterocycles. The van der Waals surface area contributed by atoms with Gasteiger partial charge in [-0.3, -0.25) is 9.58 Å². The molecule has 0 radical (unpaired) electrons. The molecule has 1 atom stereocenters. The zero-order valence-electron chi connectivity index (χ0n) is 9.25. The summed E-state index contributed by atoms with van der Waals surface area (Å²) in [5, 5.41) is 14.4. The van der Waals surface area contributed by atoms with Crippen LogP contribution in [0.15, 0.2) is 18.5 Å². The lowest BCUT2D eigenvalue weighted by molar-refractivity contribution is -0.0339. The van der Waals surface area contributed by atoms with Gasteiger partial charge in [-0.15, -0.1) is 0 Å². The van der Waals surface area contributed by atoms with E-state index in [0.29, 0.717) is 19.3 Å². The van der Waals surface area contributed by atoms with Gasteiger partial charge in [0.1, 0.15) is 5.60 Å². The van der Waals surface area contributed by atoms with Crippen molar-refractivity contribution in [2.75, 3.05) is 32.8 Å². The van der Waals surface area contributed by atoms with E-state index in [1.165, 1.54) is 0 Å². The predicted octanol–water partition coefficient (Wildman–Crippen LogP) is -0.109. The molecule has 0 aromatic carbocycles. The monoisotopic (exact) mass is 223 g/mol. The summed E-state index contributed by atoms with van der Waals surface area (Å²) in [5.74, 6) is 0. The smallest absolute Gasteiger partial charge is 0.103 e. The third-order valence-corrected chi connectivity index (χ3v) is 3.44. The Morgan fingerprint density at radius 2 is 2.38 bits per heavy atom. The number of rotatable bonds is 3. The van der Waals surface area contributed by atoms with E-state index >= 15 is 0 Å². The maximum Gasteiger partial charge on any atom is 0.103 e.